The summed E-state index contributed by atoms with van der Waals surface area (Å²) >= 11 is 0. The van der Waals surface area contributed by atoms with Crippen LogP contribution in [0.5, 0.6) is 0 Å². The van der Waals surface area contributed by atoms with Crippen LogP contribution in [0.15, 0.2) is 11.3 Å². The Morgan fingerprint density at radius 2 is 2.38 bits per heavy atom. The van der Waals surface area contributed by atoms with Crippen LogP contribution in [0.1, 0.15) is 6.92 Å². The predicted octanol–water partition coefficient (Wildman–Crippen LogP) is -1.19. The highest BCUT2D eigenvalue weighted by atomic mass is 16.5. The van der Waals surface area contributed by atoms with Gasteiger partial charge in [-0.25, -0.2) is 9.59 Å². The fraction of sp³-hybridized carbons (Fsp3) is 0.692. The number of carbonyl (C=O) groups is 2. The molecule has 0 saturated carbocycles. The quantitative estimate of drug-likeness (QED) is 0.552. The molecule has 8 nitrogen and oxygen atoms in total. The molecule has 0 bridgehead atoms. The second kappa shape index (κ2) is 7.39. The first-order valence-corrected chi connectivity index (χ1v) is 7.02. The van der Waals surface area contributed by atoms with Crippen molar-refractivity contribution in [3.05, 3.63) is 11.3 Å². The van der Waals surface area contributed by atoms with Crippen LogP contribution in [0.4, 0.5) is 4.79 Å². The maximum atomic E-state index is 11.9. The number of urea groups is 1. The largest absolute Gasteiger partial charge is 0.463 e. The van der Waals surface area contributed by atoms with Crippen molar-refractivity contribution in [2.75, 3.05) is 46.0 Å². The Labute approximate surface area is 123 Å². The van der Waals surface area contributed by atoms with Gasteiger partial charge in [0.25, 0.3) is 0 Å². The summed E-state index contributed by atoms with van der Waals surface area (Å²) < 4.78 is 10.4. The molecule has 1 fully saturated rings. The Balaban J connectivity index is 2.08. The normalized spacial score (nSPS) is 23.5. The van der Waals surface area contributed by atoms with Crippen molar-refractivity contribution in [2.24, 2.45) is 0 Å². The van der Waals surface area contributed by atoms with E-state index < -0.39 is 5.97 Å². The summed E-state index contributed by atoms with van der Waals surface area (Å²) in [6, 6.07) is -0.329. The number of morpholine rings is 1. The van der Waals surface area contributed by atoms with Gasteiger partial charge in [0, 0.05) is 25.3 Å². The third-order valence-electron chi connectivity index (χ3n) is 3.38. The second-order valence-corrected chi connectivity index (χ2v) is 4.90. The molecule has 1 unspecified atom stereocenters. The summed E-state index contributed by atoms with van der Waals surface area (Å²) in [6.07, 6.45) is -0.234. The number of aliphatic hydroxyl groups excluding tert-OH is 1. The lowest BCUT2D eigenvalue weighted by Gasteiger charge is -2.33. The molecule has 21 heavy (non-hydrogen) atoms. The minimum absolute atomic E-state index is 0.0474. The Bertz CT molecular complexity index is 438. The van der Waals surface area contributed by atoms with Gasteiger partial charge in [-0.2, -0.15) is 0 Å². The fourth-order valence-corrected chi connectivity index (χ4v) is 2.34. The number of aliphatic hydroxyl groups is 1. The highest BCUT2D eigenvalue weighted by molar-refractivity contribution is 5.93. The average molecular weight is 299 g/mol. The topological polar surface area (TPSA) is 100 Å². The molecule has 1 atom stereocenters. The molecule has 2 rings (SSSR count). The van der Waals surface area contributed by atoms with Gasteiger partial charge in [-0.05, 0) is 6.92 Å². The van der Waals surface area contributed by atoms with Crippen LogP contribution < -0.4 is 10.6 Å². The molecule has 0 spiro atoms. The van der Waals surface area contributed by atoms with E-state index in [1.165, 1.54) is 0 Å². The van der Waals surface area contributed by atoms with Gasteiger partial charge < -0.3 is 25.2 Å². The van der Waals surface area contributed by atoms with Crippen LogP contribution in [0.3, 0.4) is 0 Å². The van der Waals surface area contributed by atoms with E-state index in [1.807, 2.05) is 4.90 Å². The van der Waals surface area contributed by atoms with Crippen LogP contribution >= 0.6 is 0 Å². The maximum Gasteiger partial charge on any atom is 0.337 e. The summed E-state index contributed by atoms with van der Waals surface area (Å²) in [5.41, 5.74) is 0.985. The monoisotopic (exact) mass is 299 g/mol. The number of rotatable bonds is 5. The number of hydrogen-bond donors (Lipinski definition) is 3. The van der Waals surface area contributed by atoms with Crippen molar-refractivity contribution < 1.29 is 24.2 Å². The zero-order valence-electron chi connectivity index (χ0n) is 12.1. The molecule has 0 aliphatic carbocycles. The highest BCUT2D eigenvalue weighted by Gasteiger charge is 2.27. The van der Waals surface area contributed by atoms with Crippen molar-refractivity contribution in [1.29, 1.82) is 0 Å². The first kappa shape index (κ1) is 15.7. The average Bonchev–Trinajstić information content (AvgIpc) is 2.48. The minimum Gasteiger partial charge on any atom is -0.463 e. The van der Waals surface area contributed by atoms with Gasteiger partial charge in [0.05, 0.1) is 38.0 Å². The molecule has 2 aliphatic heterocycles. The van der Waals surface area contributed by atoms with Gasteiger partial charge >= 0.3 is 12.0 Å². The lowest BCUT2D eigenvalue weighted by atomic mass is 10.1. The lowest BCUT2D eigenvalue weighted by Crippen LogP contribution is -2.50. The molecule has 0 aromatic carbocycles. The van der Waals surface area contributed by atoms with Crippen LogP contribution in [-0.4, -0.2) is 74.1 Å². The van der Waals surface area contributed by atoms with Crippen LogP contribution in [-0.2, 0) is 14.3 Å². The molecular formula is C13H21N3O5. The van der Waals surface area contributed by atoms with Crippen molar-refractivity contribution in [3.63, 3.8) is 0 Å². The minimum atomic E-state index is -0.424. The van der Waals surface area contributed by atoms with Gasteiger partial charge in [0.1, 0.15) is 0 Å². The molecular weight excluding hydrogens is 278 g/mol. The predicted molar refractivity (Wildman–Crippen MR) is 73.5 cm³/mol. The van der Waals surface area contributed by atoms with Gasteiger partial charge in [-0.3, -0.25) is 4.90 Å². The molecule has 0 radical (unpaired) electrons. The lowest BCUT2D eigenvalue weighted by molar-refractivity contribution is -0.138. The smallest absolute Gasteiger partial charge is 0.337 e. The number of ether oxygens (including phenoxy) is 2. The Hall–Kier alpha value is -1.64. The molecule has 118 valence electrons. The van der Waals surface area contributed by atoms with Crippen molar-refractivity contribution in [2.45, 2.75) is 13.0 Å². The van der Waals surface area contributed by atoms with E-state index in [1.54, 1.807) is 6.92 Å². The number of amides is 2. The van der Waals surface area contributed by atoms with E-state index in [0.29, 0.717) is 37.5 Å². The molecule has 3 N–H and O–H groups in total. The van der Waals surface area contributed by atoms with Gasteiger partial charge in [0.2, 0.25) is 0 Å². The summed E-state index contributed by atoms with van der Waals surface area (Å²) in [4.78, 5) is 25.4. The van der Waals surface area contributed by atoms with Crippen LogP contribution in [0, 0.1) is 0 Å². The number of carbonyl (C=O) groups excluding carboxylic acids is 2. The van der Waals surface area contributed by atoms with E-state index in [4.69, 9.17) is 14.6 Å². The second-order valence-electron chi connectivity index (χ2n) is 4.90. The Kier molecular flexibility index (Phi) is 5.54. The van der Waals surface area contributed by atoms with Crippen LogP contribution in [0.25, 0.3) is 0 Å². The summed E-state index contributed by atoms with van der Waals surface area (Å²) in [5, 5.41) is 14.4. The fourth-order valence-electron chi connectivity index (χ4n) is 2.34. The zero-order chi connectivity index (χ0) is 15.2. The van der Waals surface area contributed by atoms with E-state index >= 15 is 0 Å². The Morgan fingerprint density at radius 1 is 1.57 bits per heavy atom. The number of nitrogens with one attached hydrogen (secondary N) is 2. The number of hydrogen-bond acceptors (Lipinski definition) is 6. The maximum absolute atomic E-state index is 11.9. The van der Waals surface area contributed by atoms with Crippen molar-refractivity contribution in [3.8, 4) is 0 Å². The first-order chi connectivity index (χ1) is 10.1. The van der Waals surface area contributed by atoms with Crippen LogP contribution in [0.2, 0.25) is 0 Å². The summed E-state index contributed by atoms with van der Waals surface area (Å²) in [6.45, 7) is 4.30. The SMILES string of the molecule is CCOC(=O)C1=C(CN2CCOC(CO)C2)NC(=O)NC1. The molecule has 1 saturated heterocycles. The van der Waals surface area contributed by atoms with E-state index in [-0.39, 0.29) is 31.9 Å². The molecule has 8 heteroatoms. The third kappa shape index (κ3) is 4.16. The van der Waals surface area contributed by atoms with Gasteiger partial charge in [-0.15, -0.1) is 0 Å². The van der Waals surface area contributed by atoms with Gasteiger partial charge in [0.15, 0.2) is 0 Å². The van der Waals surface area contributed by atoms with E-state index in [2.05, 4.69) is 10.6 Å². The third-order valence-corrected chi connectivity index (χ3v) is 3.38. The molecule has 0 aromatic rings. The highest BCUT2D eigenvalue weighted by Crippen LogP contribution is 2.12. The number of nitrogens with zero attached hydrogens (tertiary/aromatic N) is 1. The van der Waals surface area contributed by atoms with Crippen molar-refractivity contribution >= 4 is 12.0 Å². The Morgan fingerprint density at radius 3 is 3.10 bits per heavy atom. The molecule has 2 amide bonds. The zero-order valence-corrected chi connectivity index (χ0v) is 12.1. The molecule has 2 aliphatic rings. The van der Waals surface area contributed by atoms with E-state index in [9.17, 15) is 9.59 Å². The standard InChI is InChI=1S/C13H21N3O5/c1-2-20-12(18)10-5-14-13(19)15-11(10)7-16-3-4-21-9(6-16)8-17/h9,17H,2-8H2,1H3,(H2,14,15,19). The summed E-state index contributed by atoms with van der Waals surface area (Å²) in [5.74, 6) is -0.424. The van der Waals surface area contributed by atoms with Crippen molar-refractivity contribution in [1.82, 2.24) is 15.5 Å². The molecule has 0 aromatic heterocycles. The molecule has 2 heterocycles. The van der Waals surface area contributed by atoms with E-state index in [0.717, 1.165) is 0 Å². The van der Waals surface area contributed by atoms with Gasteiger partial charge in [-0.1, -0.05) is 0 Å². The number of esters is 1. The summed E-state index contributed by atoms with van der Waals surface area (Å²) in [7, 11) is 0. The first-order valence-electron chi connectivity index (χ1n) is 7.02.